The van der Waals surface area contributed by atoms with Gasteiger partial charge in [0.25, 0.3) is 0 Å². The van der Waals surface area contributed by atoms with E-state index in [-0.39, 0.29) is 5.60 Å². The number of hydrogen-bond acceptors (Lipinski definition) is 2. The maximum absolute atomic E-state index is 5.98. The van der Waals surface area contributed by atoms with E-state index >= 15 is 0 Å². The van der Waals surface area contributed by atoms with Gasteiger partial charge in [0.05, 0.1) is 18.3 Å². The first kappa shape index (κ1) is 18.2. The van der Waals surface area contributed by atoms with Crippen LogP contribution in [0.5, 0.6) is 0 Å². The van der Waals surface area contributed by atoms with Gasteiger partial charge in [0.15, 0.2) is 0 Å². The fraction of sp³-hybridized carbons (Fsp3) is 0.818. The van der Waals surface area contributed by atoms with Crippen LogP contribution in [0.25, 0.3) is 0 Å². The number of rotatable bonds is 6. The van der Waals surface area contributed by atoms with Gasteiger partial charge in [-0.1, -0.05) is 51.2 Å². The van der Waals surface area contributed by atoms with E-state index in [1.807, 2.05) is 0 Å². The highest BCUT2D eigenvalue weighted by atomic mass is 16.6. The number of allylic oxidation sites excluding steroid dienone is 1. The molecule has 0 spiro atoms. The maximum atomic E-state index is 5.98. The number of epoxide rings is 2. The van der Waals surface area contributed by atoms with Crippen LogP contribution in [0.3, 0.4) is 0 Å². The molecule has 5 atom stereocenters. The lowest BCUT2D eigenvalue weighted by Gasteiger charge is -2.26. The molecule has 4 rings (SSSR count). The van der Waals surface area contributed by atoms with Gasteiger partial charge in [-0.15, -0.1) is 13.2 Å². The molecule has 136 valence electrons. The van der Waals surface area contributed by atoms with Gasteiger partial charge < -0.3 is 9.47 Å². The Hall–Kier alpha value is -0.600. The highest BCUT2D eigenvalue weighted by Gasteiger charge is 2.57. The highest BCUT2D eigenvalue weighted by molar-refractivity contribution is 5.17. The molecule has 5 unspecified atom stereocenters. The summed E-state index contributed by atoms with van der Waals surface area (Å²) in [7, 11) is 0. The zero-order chi connectivity index (χ0) is 17.0. The molecule has 4 fully saturated rings. The Morgan fingerprint density at radius 2 is 1.83 bits per heavy atom. The highest BCUT2D eigenvalue weighted by Crippen LogP contribution is 2.51. The Labute approximate surface area is 148 Å². The zero-order valence-electron chi connectivity index (χ0n) is 15.6. The van der Waals surface area contributed by atoms with Crippen molar-refractivity contribution < 1.29 is 9.47 Å². The SMILES string of the molecule is C=CC1(C2CCCCC2)OC1CCCC.C=CC1CCC2OC2C1. The van der Waals surface area contributed by atoms with E-state index in [4.69, 9.17) is 9.47 Å². The molecule has 4 aliphatic rings. The fourth-order valence-corrected chi connectivity index (χ4v) is 4.79. The molecule has 0 aromatic carbocycles. The van der Waals surface area contributed by atoms with Gasteiger partial charge in [0.1, 0.15) is 5.60 Å². The number of unbranched alkanes of at least 4 members (excludes halogenated alkanes) is 1. The summed E-state index contributed by atoms with van der Waals surface area (Å²) in [5.41, 5.74) is 0.0928. The predicted molar refractivity (Wildman–Crippen MR) is 100 cm³/mol. The first-order valence-electron chi connectivity index (χ1n) is 10.3. The van der Waals surface area contributed by atoms with E-state index < -0.39 is 0 Å². The van der Waals surface area contributed by atoms with Crippen LogP contribution >= 0.6 is 0 Å². The molecule has 0 radical (unpaired) electrons. The lowest BCUT2D eigenvalue weighted by atomic mass is 9.77. The van der Waals surface area contributed by atoms with Gasteiger partial charge in [-0.2, -0.15) is 0 Å². The van der Waals surface area contributed by atoms with Crippen molar-refractivity contribution in [1.29, 1.82) is 0 Å². The van der Waals surface area contributed by atoms with Crippen LogP contribution in [0, 0.1) is 11.8 Å². The van der Waals surface area contributed by atoms with Crippen molar-refractivity contribution in [2.75, 3.05) is 0 Å². The zero-order valence-corrected chi connectivity index (χ0v) is 15.6. The van der Waals surface area contributed by atoms with E-state index in [0.717, 1.165) is 11.8 Å². The van der Waals surface area contributed by atoms with Crippen LogP contribution in [-0.4, -0.2) is 23.9 Å². The van der Waals surface area contributed by atoms with E-state index in [2.05, 4.69) is 32.2 Å². The molecule has 2 heteroatoms. The molecule has 2 saturated heterocycles. The molecule has 0 bridgehead atoms. The Balaban J connectivity index is 0.000000159. The van der Waals surface area contributed by atoms with E-state index in [9.17, 15) is 0 Å². The third-order valence-electron chi connectivity index (χ3n) is 6.55. The van der Waals surface area contributed by atoms with Crippen molar-refractivity contribution >= 4 is 0 Å². The molecule has 2 saturated carbocycles. The summed E-state index contributed by atoms with van der Waals surface area (Å²) in [6, 6.07) is 0. The van der Waals surface area contributed by atoms with Crippen LogP contribution in [0.4, 0.5) is 0 Å². The van der Waals surface area contributed by atoms with Crippen molar-refractivity contribution in [2.45, 2.75) is 101 Å². The quantitative estimate of drug-likeness (QED) is 0.452. The molecule has 2 aliphatic carbocycles. The van der Waals surface area contributed by atoms with Crippen LogP contribution < -0.4 is 0 Å². The summed E-state index contributed by atoms with van der Waals surface area (Å²) in [5, 5.41) is 0. The van der Waals surface area contributed by atoms with Gasteiger partial charge in [-0.25, -0.2) is 0 Å². The normalized spacial score (nSPS) is 40.7. The molecule has 0 N–H and O–H groups in total. The van der Waals surface area contributed by atoms with Gasteiger partial charge in [-0.05, 0) is 50.4 Å². The second-order valence-corrected chi connectivity index (χ2v) is 8.16. The summed E-state index contributed by atoms with van der Waals surface area (Å²) in [5.74, 6) is 1.51. The molecule has 24 heavy (non-hydrogen) atoms. The van der Waals surface area contributed by atoms with E-state index in [0.29, 0.717) is 18.3 Å². The Kier molecular flexibility index (Phi) is 6.21. The Morgan fingerprint density at radius 1 is 1.04 bits per heavy atom. The van der Waals surface area contributed by atoms with Crippen molar-refractivity contribution in [3.63, 3.8) is 0 Å². The van der Waals surface area contributed by atoms with Crippen molar-refractivity contribution in [3.05, 3.63) is 25.3 Å². The maximum Gasteiger partial charge on any atom is 0.115 e. The van der Waals surface area contributed by atoms with Crippen LogP contribution in [0.15, 0.2) is 25.3 Å². The number of hydrogen-bond donors (Lipinski definition) is 0. The van der Waals surface area contributed by atoms with Crippen molar-refractivity contribution in [2.24, 2.45) is 11.8 Å². The van der Waals surface area contributed by atoms with Gasteiger partial charge >= 0.3 is 0 Å². The van der Waals surface area contributed by atoms with Gasteiger partial charge in [0.2, 0.25) is 0 Å². The Bertz CT molecular complexity index is 426. The summed E-state index contributed by atoms with van der Waals surface area (Å²) >= 11 is 0. The molecule has 0 aromatic rings. The number of fused-ring (bicyclic) bond motifs is 1. The third-order valence-corrected chi connectivity index (χ3v) is 6.55. The summed E-state index contributed by atoms with van der Waals surface area (Å²) in [4.78, 5) is 0. The minimum atomic E-state index is 0.0928. The van der Waals surface area contributed by atoms with Crippen LogP contribution in [0.1, 0.15) is 77.6 Å². The minimum Gasteiger partial charge on any atom is -0.370 e. The molecule has 2 nitrogen and oxygen atoms in total. The monoisotopic (exact) mass is 332 g/mol. The Morgan fingerprint density at radius 3 is 2.46 bits per heavy atom. The second kappa shape index (κ2) is 8.19. The average Bonchev–Trinajstić information content (AvgIpc) is 3.54. The summed E-state index contributed by atoms with van der Waals surface area (Å²) in [6.45, 7) is 10.0. The lowest BCUT2D eigenvalue weighted by Crippen LogP contribution is -2.26. The molecule has 2 heterocycles. The van der Waals surface area contributed by atoms with Gasteiger partial charge in [-0.3, -0.25) is 0 Å². The predicted octanol–water partition coefficient (Wildman–Crippen LogP) is 5.82. The fourth-order valence-electron chi connectivity index (χ4n) is 4.79. The first-order chi connectivity index (χ1) is 11.7. The van der Waals surface area contributed by atoms with Crippen molar-refractivity contribution in [3.8, 4) is 0 Å². The van der Waals surface area contributed by atoms with Gasteiger partial charge in [0, 0.05) is 0 Å². The summed E-state index contributed by atoms with van der Waals surface area (Å²) in [6.07, 6.45) is 20.4. The molecular formula is C22H36O2. The second-order valence-electron chi connectivity index (χ2n) is 8.16. The molecule has 2 aliphatic heterocycles. The molecule has 0 aromatic heterocycles. The minimum absolute atomic E-state index is 0.0928. The lowest BCUT2D eigenvalue weighted by molar-refractivity contribution is 0.211. The average molecular weight is 333 g/mol. The largest absolute Gasteiger partial charge is 0.370 e. The number of ether oxygens (including phenoxy) is 2. The topological polar surface area (TPSA) is 25.1 Å². The molecular weight excluding hydrogens is 296 g/mol. The summed E-state index contributed by atoms with van der Waals surface area (Å²) < 4.78 is 11.3. The van der Waals surface area contributed by atoms with Crippen molar-refractivity contribution in [1.82, 2.24) is 0 Å². The molecule has 0 amide bonds. The standard InChI is InChI=1S/C14H24O.C8H12O/c1-3-5-11-13-14(4-2,15-13)12-9-7-6-8-10-12;1-2-6-3-4-7-8(5-6)9-7/h4,12-13H,2-3,5-11H2,1H3;2,6-8H,1,3-5H2. The third kappa shape index (κ3) is 4.14. The van der Waals surface area contributed by atoms with Crippen LogP contribution in [-0.2, 0) is 9.47 Å². The van der Waals surface area contributed by atoms with E-state index in [1.54, 1.807) is 0 Å². The van der Waals surface area contributed by atoms with E-state index in [1.165, 1.54) is 70.6 Å². The first-order valence-corrected chi connectivity index (χ1v) is 10.3. The van der Waals surface area contributed by atoms with Crippen LogP contribution in [0.2, 0.25) is 0 Å². The smallest absolute Gasteiger partial charge is 0.115 e.